The van der Waals surface area contributed by atoms with E-state index >= 15 is 0 Å². The van der Waals surface area contributed by atoms with Crippen LogP contribution in [0.4, 0.5) is 0 Å². The summed E-state index contributed by atoms with van der Waals surface area (Å²) in [4.78, 5) is 15.5. The first-order chi connectivity index (χ1) is 6.63. The van der Waals surface area contributed by atoms with Gasteiger partial charge in [0.05, 0.1) is 13.7 Å². The van der Waals surface area contributed by atoms with Gasteiger partial charge in [0.1, 0.15) is 6.61 Å². The molecule has 0 aromatic heterocycles. The van der Waals surface area contributed by atoms with Gasteiger partial charge >= 0.3 is 0 Å². The van der Waals surface area contributed by atoms with E-state index < -0.39 is 0 Å². The molecule has 0 rings (SSSR count). The summed E-state index contributed by atoms with van der Waals surface area (Å²) < 4.78 is 4.88. The lowest BCUT2D eigenvalue weighted by Gasteiger charge is -2.12. The molecule has 4 nitrogen and oxygen atoms in total. The predicted molar refractivity (Wildman–Crippen MR) is 56.8 cm³/mol. The summed E-state index contributed by atoms with van der Waals surface area (Å²) in [5, 5.41) is 1.11. The zero-order valence-corrected chi connectivity index (χ0v) is 9.58. The molecule has 0 atom stereocenters. The van der Waals surface area contributed by atoms with Gasteiger partial charge in [0.25, 0.3) is 5.91 Å². The highest BCUT2D eigenvalue weighted by molar-refractivity contribution is 5.75. The zero-order chi connectivity index (χ0) is 11.4. The molecule has 0 saturated carbocycles. The summed E-state index contributed by atoms with van der Waals surface area (Å²) in [5.41, 5.74) is 0. The van der Waals surface area contributed by atoms with Crippen LogP contribution in [0.1, 0.15) is 20.3 Å². The van der Waals surface area contributed by atoms with Crippen LogP contribution in [0.5, 0.6) is 0 Å². The van der Waals surface area contributed by atoms with Gasteiger partial charge in [-0.3, -0.25) is 9.63 Å². The second-order valence-corrected chi connectivity index (χ2v) is 2.58. The van der Waals surface area contributed by atoms with Crippen molar-refractivity contribution in [3.8, 4) is 0 Å². The third kappa shape index (κ3) is 11.1. The largest absolute Gasteiger partial charge is 0.368 e. The predicted octanol–water partition coefficient (Wildman–Crippen LogP) is 1.63. The number of hydrogen-bond donors (Lipinski definition) is 0. The standard InChI is InChI=1S/C7H13NO3.C3H8/c1-4-5-11-6-7(9)8(2)10-3;1-3-2/h4H,1,5-6H2,2-3H3;3H2,1-2H3. The maximum absolute atomic E-state index is 10.9. The fourth-order valence-electron chi connectivity index (χ4n) is 0.422. The lowest BCUT2D eigenvalue weighted by atomic mass is 10.6. The van der Waals surface area contributed by atoms with Crippen LogP contribution in [-0.2, 0) is 14.4 Å². The van der Waals surface area contributed by atoms with Gasteiger partial charge < -0.3 is 4.74 Å². The number of ether oxygens (including phenoxy) is 1. The van der Waals surface area contributed by atoms with E-state index in [1.807, 2.05) is 0 Å². The average Bonchev–Trinajstić information content (AvgIpc) is 2.18. The number of carbonyl (C=O) groups is 1. The number of hydroxylamine groups is 2. The molecular formula is C10H21NO3. The molecule has 0 heterocycles. The molecule has 0 unspecified atom stereocenters. The zero-order valence-electron chi connectivity index (χ0n) is 9.58. The van der Waals surface area contributed by atoms with Crippen LogP contribution in [0.15, 0.2) is 12.7 Å². The fraction of sp³-hybridized carbons (Fsp3) is 0.700. The minimum Gasteiger partial charge on any atom is -0.368 e. The van der Waals surface area contributed by atoms with E-state index in [1.165, 1.54) is 20.6 Å². The molecule has 0 aromatic rings. The maximum Gasteiger partial charge on any atom is 0.271 e. The topological polar surface area (TPSA) is 38.8 Å². The molecule has 0 aliphatic heterocycles. The Morgan fingerprint density at radius 3 is 2.36 bits per heavy atom. The van der Waals surface area contributed by atoms with Gasteiger partial charge in [-0.2, -0.15) is 0 Å². The van der Waals surface area contributed by atoms with Crippen LogP contribution in [0.3, 0.4) is 0 Å². The summed E-state index contributed by atoms with van der Waals surface area (Å²) in [5.74, 6) is -0.214. The third-order valence-electron chi connectivity index (χ3n) is 1.09. The van der Waals surface area contributed by atoms with Gasteiger partial charge in [0, 0.05) is 7.05 Å². The first kappa shape index (κ1) is 15.6. The molecule has 0 bridgehead atoms. The summed E-state index contributed by atoms with van der Waals surface area (Å²) in [7, 11) is 2.95. The minimum absolute atomic E-state index is 0.0242. The Labute approximate surface area is 86.4 Å². The Bertz CT molecular complexity index is 148. The summed E-state index contributed by atoms with van der Waals surface area (Å²) >= 11 is 0. The smallest absolute Gasteiger partial charge is 0.271 e. The SMILES string of the molecule is C=CCOCC(=O)N(C)OC.CCC. The van der Waals surface area contributed by atoms with E-state index in [0.717, 1.165) is 5.06 Å². The first-order valence-electron chi connectivity index (χ1n) is 4.63. The van der Waals surface area contributed by atoms with Crippen molar-refractivity contribution in [1.29, 1.82) is 0 Å². The Kier molecular flexibility index (Phi) is 13.5. The highest BCUT2D eigenvalue weighted by atomic mass is 16.7. The van der Waals surface area contributed by atoms with E-state index in [4.69, 9.17) is 4.74 Å². The molecule has 0 aromatic carbocycles. The normalized spacial score (nSPS) is 8.57. The number of rotatable bonds is 5. The van der Waals surface area contributed by atoms with Crippen LogP contribution in [0.2, 0.25) is 0 Å². The van der Waals surface area contributed by atoms with E-state index in [1.54, 1.807) is 6.08 Å². The molecule has 0 N–H and O–H groups in total. The summed E-state index contributed by atoms with van der Waals surface area (Å²) in [6, 6.07) is 0. The van der Waals surface area contributed by atoms with Crippen molar-refractivity contribution >= 4 is 5.91 Å². The van der Waals surface area contributed by atoms with Crippen LogP contribution in [-0.4, -0.2) is 38.3 Å². The van der Waals surface area contributed by atoms with Crippen molar-refractivity contribution in [2.75, 3.05) is 27.4 Å². The molecule has 84 valence electrons. The molecule has 0 fully saturated rings. The van der Waals surface area contributed by atoms with Gasteiger partial charge in [0.2, 0.25) is 0 Å². The van der Waals surface area contributed by atoms with Crippen LogP contribution >= 0.6 is 0 Å². The van der Waals surface area contributed by atoms with Crippen molar-refractivity contribution in [1.82, 2.24) is 5.06 Å². The highest BCUT2D eigenvalue weighted by Crippen LogP contribution is 1.85. The molecule has 0 aliphatic rings. The molecule has 0 aliphatic carbocycles. The number of carbonyl (C=O) groups excluding carboxylic acids is 1. The summed E-state index contributed by atoms with van der Waals surface area (Å²) in [6.45, 7) is 8.09. The van der Waals surface area contributed by atoms with Crippen LogP contribution < -0.4 is 0 Å². The fourth-order valence-corrected chi connectivity index (χ4v) is 0.422. The Morgan fingerprint density at radius 1 is 1.50 bits per heavy atom. The highest BCUT2D eigenvalue weighted by Gasteiger charge is 2.05. The van der Waals surface area contributed by atoms with Crippen LogP contribution in [0, 0.1) is 0 Å². The number of likely N-dealkylation sites (N-methyl/N-ethyl adjacent to an activating group) is 1. The maximum atomic E-state index is 10.9. The number of amides is 1. The second kappa shape index (κ2) is 12.1. The van der Waals surface area contributed by atoms with Crippen molar-refractivity contribution in [3.05, 3.63) is 12.7 Å². The van der Waals surface area contributed by atoms with Gasteiger partial charge in [-0.15, -0.1) is 6.58 Å². The Hall–Kier alpha value is -0.870. The monoisotopic (exact) mass is 203 g/mol. The summed E-state index contributed by atoms with van der Waals surface area (Å²) in [6.07, 6.45) is 2.83. The van der Waals surface area contributed by atoms with E-state index in [9.17, 15) is 4.79 Å². The first-order valence-corrected chi connectivity index (χ1v) is 4.63. The Balaban J connectivity index is 0. The van der Waals surface area contributed by atoms with Gasteiger partial charge in [-0.1, -0.05) is 26.3 Å². The van der Waals surface area contributed by atoms with Crippen molar-refractivity contribution in [3.63, 3.8) is 0 Å². The molecule has 0 spiro atoms. The quantitative estimate of drug-likeness (QED) is 0.387. The molecule has 14 heavy (non-hydrogen) atoms. The average molecular weight is 203 g/mol. The van der Waals surface area contributed by atoms with Gasteiger partial charge in [-0.25, -0.2) is 5.06 Å². The van der Waals surface area contributed by atoms with Gasteiger partial charge in [-0.05, 0) is 0 Å². The molecule has 0 saturated heterocycles. The number of nitrogens with zero attached hydrogens (tertiary/aromatic N) is 1. The van der Waals surface area contributed by atoms with E-state index in [0.29, 0.717) is 6.61 Å². The Morgan fingerprint density at radius 2 is 2.00 bits per heavy atom. The molecular weight excluding hydrogens is 182 g/mol. The van der Waals surface area contributed by atoms with Crippen LogP contribution in [0.25, 0.3) is 0 Å². The number of hydrogen-bond acceptors (Lipinski definition) is 3. The third-order valence-corrected chi connectivity index (χ3v) is 1.09. The lowest BCUT2D eigenvalue weighted by Crippen LogP contribution is -2.29. The molecule has 0 radical (unpaired) electrons. The van der Waals surface area contributed by atoms with E-state index in [-0.39, 0.29) is 12.5 Å². The minimum atomic E-state index is -0.214. The van der Waals surface area contributed by atoms with E-state index in [2.05, 4.69) is 25.3 Å². The molecule has 1 amide bonds. The second-order valence-electron chi connectivity index (χ2n) is 2.58. The molecule has 4 heteroatoms. The van der Waals surface area contributed by atoms with Gasteiger partial charge in [0.15, 0.2) is 0 Å². The van der Waals surface area contributed by atoms with Crippen molar-refractivity contribution in [2.45, 2.75) is 20.3 Å². The lowest BCUT2D eigenvalue weighted by molar-refractivity contribution is -0.173. The van der Waals surface area contributed by atoms with Crippen molar-refractivity contribution < 1.29 is 14.4 Å². The van der Waals surface area contributed by atoms with Crippen molar-refractivity contribution in [2.24, 2.45) is 0 Å².